The van der Waals surface area contributed by atoms with Gasteiger partial charge in [-0.3, -0.25) is 20.3 Å². The van der Waals surface area contributed by atoms with E-state index < -0.39 is 18.1 Å². The Bertz CT molecular complexity index is 293. The fourth-order valence-electron chi connectivity index (χ4n) is 1.23. The molecular formula is C10H20N4O3. The van der Waals surface area contributed by atoms with Gasteiger partial charge in [-0.25, -0.2) is 0 Å². The highest BCUT2D eigenvalue weighted by atomic mass is 16.4. The fraction of sp³-hybridized carbons (Fsp3) is 0.700. The van der Waals surface area contributed by atoms with Crippen LogP contribution >= 0.6 is 0 Å². The van der Waals surface area contributed by atoms with E-state index in [-0.39, 0.29) is 11.7 Å². The number of aliphatic carboxylic acids is 1. The van der Waals surface area contributed by atoms with Gasteiger partial charge in [0.05, 0.1) is 6.04 Å². The summed E-state index contributed by atoms with van der Waals surface area (Å²) in [4.78, 5) is 21.9. The van der Waals surface area contributed by atoms with E-state index in [0.717, 1.165) is 0 Å². The zero-order valence-corrected chi connectivity index (χ0v) is 10.1. The van der Waals surface area contributed by atoms with Crippen molar-refractivity contribution in [2.45, 2.75) is 38.8 Å². The van der Waals surface area contributed by atoms with Crippen LogP contribution in [0, 0.1) is 5.41 Å². The lowest BCUT2D eigenvalue weighted by Crippen LogP contribution is -2.45. The molecule has 7 nitrogen and oxygen atoms in total. The first-order valence-electron chi connectivity index (χ1n) is 5.41. The lowest BCUT2D eigenvalue weighted by molar-refractivity contribution is -0.140. The summed E-state index contributed by atoms with van der Waals surface area (Å²) in [5.41, 5.74) is 5.09. The highest BCUT2D eigenvalue weighted by molar-refractivity contribution is 5.82. The molecule has 17 heavy (non-hydrogen) atoms. The Kier molecular flexibility index (Phi) is 6.88. The number of carboxylic acids is 1. The summed E-state index contributed by atoms with van der Waals surface area (Å²) in [6, 6.07) is -1.24. The molecule has 0 spiro atoms. The molecule has 0 aromatic heterocycles. The summed E-state index contributed by atoms with van der Waals surface area (Å²) in [5.74, 6) is -1.22. The van der Waals surface area contributed by atoms with Crippen LogP contribution in [0.4, 0.5) is 0 Å². The zero-order valence-electron chi connectivity index (χ0n) is 10.1. The van der Waals surface area contributed by atoms with Crippen LogP contribution in [0.1, 0.15) is 26.7 Å². The average Bonchev–Trinajstić information content (AvgIpc) is 2.21. The molecule has 0 saturated carbocycles. The maximum absolute atomic E-state index is 11.0. The largest absolute Gasteiger partial charge is 0.480 e. The molecule has 0 amide bonds. The maximum atomic E-state index is 11.0. The molecule has 0 fully saturated rings. The zero-order chi connectivity index (χ0) is 13.4. The number of carbonyl (C=O) groups is 2. The quantitative estimate of drug-likeness (QED) is 0.217. The first-order valence-corrected chi connectivity index (χ1v) is 5.41. The lowest BCUT2D eigenvalue weighted by Gasteiger charge is -2.18. The summed E-state index contributed by atoms with van der Waals surface area (Å²) in [6.45, 7) is 3.48. The van der Waals surface area contributed by atoms with E-state index in [2.05, 4.69) is 10.6 Å². The first-order chi connectivity index (χ1) is 7.84. The van der Waals surface area contributed by atoms with E-state index in [9.17, 15) is 9.59 Å². The average molecular weight is 244 g/mol. The topological polar surface area (TPSA) is 128 Å². The van der Waals surface area contributed by atoms with Crippen molar-refractivity contribution < 1.29 is 14.7 Å². The van der Waals surface area contributed by atoms with Gasteiger partial charge in [-0.1, -0.05) is 0 Å². The first kappa shape index (κ1) is 15.4. The van der Waals surface area contributed by atoms with Crippen LogP contribution in [0.2, 0.25) is 0 Å². The summed E-state index contributed by atoms with van der Waals surface area (Å²) in [7, 11) is 0. The van der Waals surface area contributed by atoms with Crippen molar-refractivity contribution in [1.82, 2.24) is 10.6 Å². The molecule has 0 bridgehead atoms. The monoisotopic (exact) mass is 244 g/mol. The van der Waals surface area contributed by atoms with Crippen LogP contribution in [-0.4, -0.2) is 41.4 Å². The second kappa shape index (κ2) is 7.61. The minimum atomic E-state index is -0.985. The number of hydrogen-bond acceptors (Lipinski definition) is 4. The fourth-order valence-corrected chi connectivity index (χ4v) is 1.23. The Morgan fingerprint density at radius 1 is 1.47 bits per heavy atom. The molecule has 0 heterocycles. The van der Waals surface area contributed by atoms with Gasteiger partial charge in [-0.2, -0.15) is 0 Å². The van der Waals surface area contributed by atoms with Crippen LogP contribution in [-0.2, 0) is 9.59 Å². The Hall–Kier alpha value is -1.63. The Balaban J connectivity index is 4.03. The molecule has 7 heteroatoms. The van der Waals surface area contributed by atoms with E-state index in [1.807, 2.05) is 0 Å². The number of carbonyl (C=O) groups excluding carboxylic acids is 1. The molecule has 0 aromatic rings. The third-order valence-electron chi connectivity index (χ3n) is 2.34. The number of carboxylic acid groups (broad SMARTS) is 1. The second-order valence-corrected chi connectivity index (χ2v) is 3.87. The second-order valence-electron chi connectivity index (χ2n) is 3.87. The molecule has 0 aromatic carbocycles. The van der Waals surface area contributed by atoms with Crippen LogP contribution in [0.15, 0.2) is 0 Å². The number of guanidine groups is 1. The van der Waals surface area contributed by atoms with Crippen molar-refractivity contribution in [3.05, 3.63) is 0 Å². The number of nitrogens with one attached hydrogen (secondary N) is 3. The van der Waals surface area contributed by atoms with Gasteiger partial charge in [-0.15, -0.1) is 0 Å². The SMILES string of the molecule is CC(=O)[C@@H](C)N[C@@H](CCCNC(=N)N)C(=O)O. The van der Waals surface area contributed by atoms with E-state index in [0.29, 0.717) is 19.4 Å². The third-order valence-corrected chi connectivity index (χ3v) is 2.34. The van der Waals surface area contributed by atoms with Gasteiger partial charge < -0.3 is 16.2 Å². The molecule has 0 aliphatic heterocycles. The van der Waals surface area contributed by atoms with Gasteiger partial charge in [-0.05, 0) is 26.7 Å². The minimum Gasteiger partial charge on any atom is -0.480 e. The number of ketones is 1. The summed E-state index contributed by atoms with van der Waals surface area (Å²) >= 11 is 0. The number of hydrogen-bond donors (Lipinski definition) is 5. The number of rotatable bonds is 8. The predicted molar refractivity (Wildman–Crippen MR) is 63.9 cm³/mol. The van der Waals surface area contributed by atoms with Crippen LogP contribution in [0.5, 0.6) is 0 Å². The summed E-state index contributed by atoms with van der Waals surface area (Å²) < 4.78 is 0. The number of Topliss-reactive ketones (excluding diaryl/α,β-unsaturated/α-hetero) is 1. The smallest absolute Gasteiger partial charge is 0.320 e. The van der Waals surface area contributed by atoms with Crippen LogP contribution < -0.4 is 16.4 Å². The van der Waals surface area contributed by atoms with Crippen molar-refractivity contribution in [2.24, 2.45) is 5.73 Å². The highest BCUT2D eigenvalue weighted by Crippen LogP contribution is 1.99. The van der Waals surface area contributed by atoms with Crippen molar-refractivity contribution >= 4 is 17.7 Å². The molecule has 6 N–H and O–H groups in total. The van der Waals surface area contributed by atoms with E-state index in [1.54, 1.807) is 6.92 Å². The molecule has 0 aliphatic carbocycles. The molecule has 0 aliphatic rings. The molecule has 2 atom stereocenters. The summed E-state index contributed by atoms with van der Waals surface area (Å²) in [5, 5.41) is 21.2. The third kappa shape index (κ3) is 7.29. The van der Waals surface area contributed by atoms with Gasteiger partial charge in [0.2, 0.25) is 0 Å². The highest BCUT2D eigenvalue weighted by Gasteiger charge is 2.20. The Labute approximate surface area is 100 Å². The van der Waals surface area contributed by atoms with Crippen molar-refractivity contribution in [3.63, 3.8) is 0 Å². The lowest BCUT2D eigenvalue weighted by atomic mass is 10.1. The van der Waals surface area contributed by atoms with E-state index in [1.165, 1.54) is 6.92 Å². The van der Waals surface area contributed by atoms with E-state index in [4.69, 9.17) is 16.2 Å². The van der Waals surface area contributed by atoms with Crippen LogP contribution in [0.3, 0.4) is 0 Å². The van der Waals surface area contributed by atoms with Crippen molar-refractivity contribution in [1.29, 1.82) is 5.41 Å². The number of nitrogens with two attached hydrogens (primary N) is 1. The van der Waals surface area contributed by atoms with Gasteiger partial charge in [0.15, 0.2) is 5.96 Å². The molecule has 0 rings (SSSR count). The normalized spacial score (nSPS) is 13.8. The van der Waals surface area contributed by atoms with Gasteiger partial charge in [0.25, 0.3) is 0 Å². The Morgan fingerprint density at radius 3 is 2.47 bits per heavy atom. The van der Waals surface area contributed by atoms with Crippen molar-refractivity contribution in [2.75, 3.05) is 6.54 Å². The predicted octanol–water partition coefficient (Wildman–Crippen LogP) is -0.730. The molecule has 0 unspecified atom stereocenters. The standard InChI is InChI=1S/C10H20N4O3/c1-6(7(2)15)14-8(9(16)17)4-3-5-13-10(11)12/h6,8,14H,3-5H2,1-2H3,(H,16,17)(H4,11,12,13)/t6-,8+/m1/s1. The molecule has 98 valence electrons. The van der Waals surface area contributed by atoms with E-state index >= 15 is 0 Å². The van der Waals surface area contributed by atoms with Gasteiger partial charge >= 0.3 is 5.97 Å². The molecule has 0 saturated heterocycles. The van der Waals surface area contributed by atoms with Gasteiger partial charge in [0, 0.05) is 6.54 Å². The minimum absolute atomic E-state index is 0.0990. The van der Waals surface area contributed by atoms with Crippen LogP contribution in [0.25, 0.3) is 0 Å². The van der Waals surface area contributed by atoms with Gasteiger partial charge in [0.1, 0.15) is 11.8 Å². The molecular weight excluding hydrogens is 224 g/mol. The molecule has 0 radical (unpaired) electrons. The maximum Gasteiger partial charge on any atom is 0.320 e. The Morgan fingerprint density at radius 2 is 2.06 bits per heavy atom. The summed E-state index contributed by atoms with van der Waals surface area (Å²) in [6.07, 6.45) is 0.918. The van der Waals surface area contributed by atoms with Crippen molar-refractivity contribution in [3.8, 4) is 0 Å².